The minimum absolute atomic E-state index is 0.0900. The molecule has 1 radical (unpaired) electrons. The van der Waals surface area contributed by atoms with Gasteiger partial charge < -0.3 is 5.11 Å². The first-order chi connectivity index (χ1) is 4.74. The number of aliphatic hydroxyl groups is 1. The lowest BCUT2D eigenvalue weighted by Gasteiger charge is -1.98. The Morgan fingerprint density at radius 3 is 2.70 bits per heavy atom. The van der Waals surface area contributed by atoms with Crippen molar-refractivity contribution in [3.8, 4) is 0 Å². The highest BCUT2D eigenvalue weighted by molar-refractivity contribution is 6.33. The van der Waals surface area contributed by atoms with E-state index >= 15 is 0 Å². The Labute approximate surface area is 69.2 Å². The lowest BCUT2D eigenvalue weighted by atomic mass is 10.2. The molecule has 0 bridgehead atoms. The van der Waals surface area contributed by atoms with Crippen LogP contribution in [0, 0.1) is 6.07 Å². The Morgan fingerprint density at radius 2 is 2.20 bits per heavy atom. The number of aliphatic hydroxyl groups excluding tert-OH is 1. The summed E-state index contributed by atoms with van der Waals surface area (Å²) in [4.78, 5) is 0. The monoisotopic (exact) mass is 175 g/mol. The minimum atomic E-state index is -0.0900. The van der Waals surface area contributed by atoms with Gasteiger partial charge in [0, 0.05) is 16.1 Å². The predicted molar refractivity (Wildman–Crippen MR) is 41.2 cm³/mol. The molecule has 1 aromatic carbocycles. The third-order valence-electron chi connectivity index (χ3n) is 1.11. The van der Waals surface area contributed by atoms with Crippen LogP contribution in [0.2, 0.25) is 10.0 Å². The Bertz CT molecular complexity index is 235. The maximum Gasteiger partial charge on any atom is 0.0696 e. The van der Waals surface area contributed by atoms with Crippen molar-refractivity contribution < 1.29 is 5.11 Å². The lowest BCUT2D eigenvalue weighted by Crippen LogP contribution is -1.83. The molecule has 0 aliphatic heterocycles. The average molecular weight is 176 g/mol. The van der Waals surface area contributed by atoms with Crippen LogP contribution in [-0.2, 0) is 6.61 Å². The summed E-state index contributed by atoms with van der Waals surface area (Å²) in [5.41, 5.74) is 0.630. The fraction of sp³-hybridized carbons (Fsp3) is 0.143. The highest BCUT2D eigenvalue weighted by Gasteiger charge is 1.98. The van der Waals surface area contributed by atoms with Crippen LogP contribution < -0.4 is 0 Å². The van der Waals surface area contributed by atoms with E-state index in [0.29, 0.717) is 15.6 Å². The lowest BCUT2D eigenvalue weighted by molar-refractivity contribution is 0.282. The van der Waals surface area contributed by atoms with E-state index in [0.717, 1.165) is 0 Å². The van der Waals surface area contributed by atoms with Crippen molar-refractivity contribution in [3.63, 3.8) is 0 Å². The zero-order valence-electron chi connectivity index (χ0n) is 5.06. The summed E-state index contributed by atoms with van der Waals surface area (Å²) in [6.45, 7) is -0.0900. The molecule has 1 rings (SSSR count). The Morgan fingerprint density at radius 1 is 1.50 bits per heavy atom. The van der Waals surface area contributed by atoms with Gasteiger partial charge in [0.25, 0.3) is 0 Å². The van der Waals surface area contributed by atoms with Crippen LogP contribution in [-0.4, -0.2) is 5.11 Å². The summed E-state index contributed by atoms with van der Waals surface area (Å²) in [6.07, 6.45) is 0. The molecule has 0 spiro atoms. The smallest absolute Gasteiger partial charge is 0.0696 e. The highest BCUT2D eigenvalue weighted by atomic mass is 35.5. The minimum Gasteiger partial charge on any atom is -0.392 e. The van der Waals surface area contributed by atoms with Gasteiger partial charge in [-0.2, -0.15) is 0 Å². The van der Waals surface area contributed by atoms with Crippen molar-refractivity contribution in [2.75, 3.05) is 0 Å². The second-order valence-corrected chi connectivity index (χ2v) is 2.63. The van der Waals surface area contributed by atoms with Gasteiger partial charge in [0.1, 0.15) is 0 Å². The standard InChI is InChI=1S/C7H5Cl2O/c8-6-1-2-7(9)5(3-6)4-10/h2-3,10H,4H2. The highest BCUT2D eigenvalue weighted by Crippen LogP contribution is 2.19. The van der Waals surface area contributed by atoms with E-state index in [9.17, 15) is 0 Å². The van der Waals surface area contributed by atoms with Crippen LogP contribution >= 0.6 is 23.2 Å². The maximum atomic E-state index is 8.69. The Hall–Kier alpha value is -0.240. The summed E-state index contributed by atoms with van der Waals surface area (Å²) in [5, 5.41) is 9.64. The molecule has 0 aromatic heterocycles. The van der Waals surface area contributed by atoms with E-state index in [1.807, 2.05) is 0 Å². The summed E-state index contributed by atoms with van der Waals surface area (Å²) in [7, 11) is 0. The van der Waals surface area contributed by atoms with Crippen molar-refractivity contribution >= 4 is 23.2 Å². The zero-order valence-corrected chi connectivity index (χ0v) is 6.58. The topological polar surface area (TPSA) is 20.2 Å². The van der Waals surface area contributed by atoms with Gasteiger partial charge in [-0.05, 0) is 17.7 Å². The molecule has 0 aliphatic carbocycles. The van der Waals surface area contributed by atoms with E-state index in [1.54, 1.807) is 6.07 Å². The van der Waals surface area contributed by atoms with Gasteiger partial charge in [-0.3, -0.25) is 0 Å². The third kappa shape index (κ3) is 1.63. The fourth-order valence-electron chi connectivity index (χ4n) is 0.610. The van der Waals surface area contributed by atoms with Crippen LogP contribution in [0.25, 0.3) is 0 Å². The SMILES string of the molecule is OCc1cc(Cl)[c]cc1Cl. The number of rotatable bonds is 1. The molecule has 0 saturated heterocycles. The number of halogens is 2. The molecule has 1 aromatic rings. The van der Waals surface area contributed by atoms with Crippen LogP contribution in [0.15, 0.2) is 12.1 Å². The van der Waals surface area contributed by atoms with Gasteiger partial charge in [0.05, 0.1) is 6.61 Å². The molecule has 10 heavy (non-hydrogen) atoms. The van der Waals surface area contributed by atoms with Crippen molar-refractivity contribution in [1.82, 2.24) is 0 Å². The molecule has 0 aliphatic rings. The van der Waals surface area contributed by atoms with E-state index in [2.05, 4.69) is 6.07 Å². The second kappa shape index (κ2) is 3.24. The third-order valence-corrected chi connectivity index (χ3v) is 1.68. The Balaban J connectivity index is 3.09. The number of benzene rings is 1. The van der Waals surface area contributed by atoms with Gasteiger partial charge in [0.2, 0.25) is 0 Å². The quantitative estimate of drug-likeness (QED) is 0.695. The summed E-state index contributed by atoms with van der Waals surface area (Å²) >= 11 is 11.2. The van der Waals surface area contributed by atoms with Gasteiger partial charge in [-0.1, -0.05) is 23.2 Å². The average Bonchev–Trinajstić information content (AvgIpc) is 1.94. The molecule has 0 unspecified atom stereocenters. The number of hydrogen-bond donors (Lipinski definition) is 1. The molecular formula is C7H5Cl2O. The molecule has 3 heteroatoms. The largest absolute Gasteiger partial charge is 0.392 e. The summed E-state index contributed by atoms with van der Waals surface area (Å²) < 4.78 is 0. The first-order valence-electron chi connectivity index (χ1n) is 2.70. The van der Waals surface area contributed by atoms with Crippen molar-refractivity contribution in [3.05, 3.63) is 33.8 Å². The molecule has 0 amide bonds. The normalized spacial score (nSPS) is 9.90. The Kier molecular flexibility index (Phi) is 2.55. The van der Waals surface area contributed by atoms with E-state index < -0.39 is 0 Å². The molecule has 1 nitrogen and oxygen atoms in total. The van der Waals surface area contributed by atoms with Crippen LogP contribution in [0.1, 0.15) is 5.56 Å². The molecular weight excluding hydrogens is 171 g/mol. The molecule has 1 N–H and O–H groups in total. The molecule has 0 fully saturated rings. The van der Waals surface area contributed by atoms with Gasteiger partial charge in [-0.25, -0.2) is 0 Å². The van der Waals surface area contributed by atoms with Gasteiger partial charge in [-0.15, -0.1) is 0 Å². The zero-order chi connectivity index (χ0) is 7.56. The van der Waals surface area contributed by atoms with Gasteiger partial charge in [0.15, 0.2) is 0 Å². The second-order valence-electron chi connectivity index (χ2n) is 1.81. The number of hydrogen-bond acceptors (Lipinski definition) is 1. The van der Waals surface area contributed by atoms with Crippen molar-refractivity contribution in [2.24, 2.45) is 0 Å². The van der Waals surface area contributed by atoms with Crippen LogP contribution in [0.5, 0.6) is 0 Å². The van der Waals surface area contributed by atoms with Crippen molar-refractivity contribution in [2.45, 2.75) is 6.61 Å². The maximum absolute atomic E-state index is 8.69. The fourth-order valence-corrected chi connectivity index (χ4v) is 0.965. The molecule has 0 heterocycles. The van der Waals surface area contributed by atoms with E-state index in [-0.39, 0.29) is 6.61 Å². The van der Waals surface area contributed by atoms with E-state index in [1.165, 1.54) is 6.07 Å². The molecule has 53 valence electrons. The summed E-state index contributed by atoms with van der Waals surface area (Å²) in [6, 6.07) is 5.82. The van der Waals surface area contributed by atoms with Crippen LogP contribution in [0.4, 0.5) is 0 Å². The van der Waals surface area contributed by atoms with E-state index in [4.69, 9.17) is 28.3 Å². The molecule has 0 saturated carbocycles. The molecule has 0 atom stereocenters. The van der Waals surface area contributed by atoms with Crippen LogP contribution in [0.3, 0.4) is 0 Å². The summed E-state index contributed by atoms with van der Waals surface area (Å²) in [5.74, 6) is 0. The first kappa shape index (κ1) is 7.86. The van der Waals surface area contributed by atoms with Crippen molar-refractivity contribution in [1.29, 1.82) is 0 Å². The van der Waals surface area contributed by atoms with Gasteiger partial charge >= 0.3 is 0 Å². The predicted octanol–water partition coefficient (Wildman–Crippen LogP) is 2.29. The first-order valence-corrected chi connectivity index (χ1v) is 3.46.